The molecule has 3 rings (SSSR count). The molecule has 0 saturated heterocycles. The van der Waals surface area contributed by atoms with E-state index in [2.05, 4.69) is 41.3 Å². The summed E-state index contributed by atoms with van der Waals surface area (Å²) < 4.78 is 7.10. The van der Waals surface area contributed by atoms with E-state index in [0.29, 0.717) is 16.1 Å². The van der Waals surface area contributed by atoms with Crippen molar-refractivity contribution in [1.82, 2.24) is 19.9 Å². The summed E-state index contributed by atoms with van der Waals surface area (Å²) >= 11 is 2.59. The van der Waals surface area contributed by atoms with Crippen LogP contribution in [-0.4, -0.2) is 31.5 Å². The predicted octanol–water partition coefficient (Wildman–Crippen LogP) is 3.36. The van der Waals surface area contributed by atoms with Gasteiger partial charge in [0, 0.05) is 5.38 Å². The standard InChI is InChI=1S/C19H24N6O2S2/c1-12-10-28-17(21-12)22-16(26)11-29-18-24-23-15(25(18)20)9-27-14-7-5-13(6-8-14)19(2,3)4/h5-8,10H,9,11,20H2,1-4H3,(H,21,22,26). The summed E-state index contributed by atoms with van der Waals surface area (Å²) in [5.41, 5.74) is 2.20. The second kappa shape index (κ2) is 8.83. The van der Waals surface area contributed by atoms with Crippen LogP contribution >= 0.6 is 23.1 Å². The number of thioether (sulfide) groups is 1. The lowest BCUT2D eigenvalue weighted by molar-refractivity contribution is -0.113. The summed E-state index contributed by atoms with van der Waals surface area (Å²) in [5, 5.41) is 13.7. The molecule has 3 aromatic rings. The van der Waals surface area contributed by atoms with Crippen LogP contribution in [0.2, 0.25) is 0 Å². The number of carbonyl (C=O) groups excluding carboxylic acids is 1. The lowest BCUT2D eigenvalue weighted by Gasteiger charge is -2.19. The van der Waals surface area contributed by atoms with E-state index >= 15 is 0 Å². The second-order valence-electron chi connectivity index (χ2n) is 7.46. The topological polar surface area (TPSA) is 108 Å². The fraction of sp³-hybridized carbons (Fsp3) is 0.368. The number of nitrogen functional groups attached to an aromatic ring is 1. The quantitative estimate of drug-likeness (QED) is 0.435. The number of amides is 1. The largest absolute Gasteiger partial charge is 0.486 e. The lowest BCUT2D eigenvalue weighted by Crippen LogP contribution is -2.18. The Morgan fingerprint density at radius 2 is 2.00 bits per heavy atom. The highest BCUT2D eigenvalue weighted by Crippen LogP contribution is 2.24. The first-order valence-corrected chi connectivity index (χ1v) is 10.9. The van der Waals surface area contributed by atoms with Gasteiger partial charge in [-0.15, -0.1) is 21.5 Å². The number of hydrogen-bond donors (Lipinski definition) is 2. The van der Waals surface area contributed by atoms with Crippen LogP contribution in [0.25, 0.3) is 0 Å². The SMILES string of the molecule is Cc1csc(NC(=O)CSc2nnc(COc3ccc(C(C)(C)C)cc3)n2N)n1. The molecule has 8 nitrogen and oxygen atoms in total. The minimum Gasteiger partial charge on any atom is -0.486 e. The summed E-state index contributed by atoms with van der Waals surface area (Å²) in [7, 11) is 0. The van der Waals surface area contributed by atoms with Gasteiger partial charge in [-0.3, -0.25) is 4.79 Å². The highest BCUT2D eigenvalue weighted by molar-refractivity contribution is 7.99. The van der Waals surface area contributed by atoms with Crippen molar-refractivity contribution < 1.29 is 9.53 Å². The molecule has 0 spiro atoms. The average molecular weight is 433 g/mol. The number of hydrogen-bond acceptors (Lipinski definition) is 8. The third-order valence-electron chi connectivity index (χ3n) is 4.02. The third kappa shape index (κ3) is 5.70. The number of nitrogens with two attached hydrogens (primary N) is 1. The Morgan fingerprint density at radius 3 is 2.62 bits per heavy atom. The molecule has 0 fully saturated rings. The van der Waals surface area contributed by atoms with Gasteiger partial charge < -0.3 is 15.9 Å². The van der Waals surface area contributed by atoms with Gasteiger partial charge >= 0.3 is 0 Å². The van der Waals surface area contributed by atoms with Crippen molar-refractivity contribution in [2.24, 2.45) is 0 Å². The van der Waals surface area contributed by atoms with Crippen LogP contribution in [-0.2, 0) is 16.8 Å². The van der Waals surface area contributed by atoms with Crippen LogP contribution in [0.4, 0.5) is 5.13 Å². The number of aryl methyl sites for hydroxylation is 1. The summed E-state index contributed by atoms with van der Waals surface area (Å²) in [6, 6.07) is 7.95. The Balaban J connectivity index is 1.52. The molecule has 0 atom stereocenters. The van der Waals surface area contributed by atoms with Crippen molar-refractivity contribution in [3.63, 3.8) is 0 Å². The number of thiazole rings is 1. The van der Waals surface area contributed by atoms with E-state index in [0.717, 1.165) is 11.4 Å². The second-order valence-corrected chi connectivity index (χ2v) is 9.26. The summed E-state index contributed by atoms with van der Waals surface area (Å²) in [6.07, 6.45) is 0. The van der Waals surface area contributed by atoms with E-state index in [1.165, 1.54) is 33.3 Å². The van der Waals surface area contributed by atoms with E-state index in [4.69, 9.17) is 10.6 Å². The number of benzene rings is 1. The van der Waals surface area contributed by atoms with Crippen molar-refractivity contribution in [2.75, 3.05) is 16.9 Å². The molecule has 0 unspecified atom stereocenters. The number of aromatic nitrogens is 4. The number of anilines is 1. The molecule has 0 aliphatic carbocycles. The fourth-order valence-corrected chi connectivity index (χ4v) is 3.78. The van der Waals surface area contributed by atoms with Crippen LogP contribution in [0.3, 0.4) is 0 Å². The number of rotatable bonds is 7. The fourth-order valence-electron chi connectivity index (χ4n) is 2.40. The maximum absolute atomic E-state index is 12.0. The molecule has 0 saturated carbocycles. The Kier molecular flexibility index (Phi) is 6.43. The Labute approximate surface area is 177 Å². The van der Waals surface area contributed by atoms with E-state index in [1.807, 2.05) is 36.6 Å². The molecule has 0 bridgehead atoms. The number of nitrogens with one attached hydrogen (secondary N) is 1. The molecule has 3 N–H and O–H groups in total. The predicted molar refractivity (Wildman–Crippen MR) is 116 cm³/mol. The first-order valence-electron chi connectivity index (χ1n) is 9.00. The zero-order valence-electron chi connectivity index (χ0n) is 16.8. The van der Waals surface area contributed by atoms with Crippen molar-refractivity contribution in [3.05, 3.63) is 46.7 Å². The van der Waals surface area contributed by atoms with Gasteiger partial charge in [-0.2, -0.15) is 0 Å². The molecule has 154 valence electrons. The molecule has 2 heterocycles. The van der Waals surface area contributed by atoms with E-state index in [-0.39, 0.29) is 23.7 Å². The molecule has 1 amide bonds. The Morgan fingerprint density at radius 1 is 1.28 bits per heavy atom. The third-order valence-corrected chi connectivity index (χ3v) is 5.84. The molecule has 29 heavy (non-hydrogen) atoms. The molecule has 1 aromatic carbocycles. The van der Waals surface area contributed by atoms with E-state index in [1.54, 1.807) is 0 Å². The van der Waals surface area contributed by atoms with Gasteiger partial charge in [-0.05, 0) is 30.0 Å². The maximum Gasteiger partial charge on any atom is 0.236 e. The van der Waals surface area contributed by atoms with Gasteiger partial charge in [0.25, 0.3) is 0 Å². The minimum absolute atomic E-state index is 0.0901. The van der Waals surface area contributed by atoms with Gasteiger partial charge in [-0.1, -0.05) is 44.7 Å². The zero-order chi connectivity index (χ0) is 21.0. The van der Waals surface area contributed by atoms with Gasteiger partial charge in [0.2, 0.25) is 11.1 Å². The highest BCUT2D eigenvalue weighted by Gasteiger charge is 2.15. The van der Waals surface area contributed by atoms with E-state index in [9.17, 15) is 4.79 Å². The Bertz CT molecular complexity index is 975. The molecule has 10 heteroatoms. The average Bonchev–Trinajstić information content (AvgIpc) is 3.23. The van der Waals surface area contributed by atoms with Crippen LogP contribution in [0.1, 0.15) is 37.9 Å². The van der Waals surface area contributed by atoms with Gasteiger partial charge in [0.1, 0.15) is 12.4 Å². The van der Waals surface area contributed by atoms with Crippen LogP contribution in [0, 0.1) is 6.92 Å². The highest BCUT2D eigenvalue weighted by atomic mass is 32.2. The number of carbonyl (C=O) groups is 1. The summed E-state index contributed by atoms with van der Waals surface area (Å²) in [4.78, 5) is 16.2. The van der Waals surface area contributed by atoms with Gasteiger partial charge in [-0.25, -0.2) is 9.66 Å². The van der Waals surface area contributed by atoms with Crippen molar-refractivity contribution in [3.8, 4) is 5.75 Å². The normalized spacial score (nSPS) is 11.4. The molecule has 0 aliphatic rings. The first-order chi connectivity index (χ1) is 13.7. The number of ether oxygens (including phenoxy) is 1. The minimum atomic E-state index is -0.177. The smallest absolute Gasteiger partial charge is 0.236 e. The molecule has 2 aromatic heterocycles. The Hall–Kier alpha value is -2.59. The number of nitrogens with zero attached hydrogens (tertiary/aromatic N) is 4. The summed E-state index contributed by atoms with van der Waals surface area (Å²) in [5.74, 6) is 7.22. The lowest BCUT2D eigenvalue weighted by atomic mass is 9.87. The summed E-state index contributed by atoms with van der Waals surface area (Å²) in [6.45, 7) is 8.55. The van der Waals surface area contributed by atoms with Crippen LogP contribution < -0.4 is 15.9 Å². The van der Waals surface area contributed by atoms with Gasteiger partial charge in [0.15, 0.2) is 11.0 Å². The maximum atomic E-state index is 12.0. The van der Waals surface area contributed by atoms with Crippen LogP contribution in [0.15, 0.2) is 34.8 Å². The zero-order valence-corrected chi connectivity index (χ0v) is 18.4. The molecule has 0 radical (unpaired) electrons. The molecule has 0 aliphatic heterocycles. The van der Waals surface area contributed by atoms with Crippen molar-refractivity contribution in [1.29, 1.82) is 0 Å². The molecular weight excluding hydrogens is 408 g/mol. The molecular formula is C19H24N6O2S2. The first kappa shape index (κ1) is 21.1. The van der Waals surface area contributed by atoms with Crippen LogP contribution in [0.5, 0.6) is 5.75 Å². The van der Waals surface area contributed by atoms with Crippen molar-refractivity contribution >= 4 is 34.1 Å². The monoisotopic (exact) mass is 432 g/mol. The van der Waals surface area contributed by atoms with E-state index < -0.39 is 0 Å². The van der Waals surface area contributed by atoms with Gasteiger partial charge in [0.05, 0.1) is 11.4 Å². The van der Waals surface area contributed by atoms with Crippen molar-refractivity contribution in [2.45, 2.75) is 44.9 Å².